The first-order chi connectivity index (χ1) is 7.13. The van der Waals surface area contributed by atoms with Gasteiger partial charge in [0.1, 0.15) is 5.01 Å². The van der Waals surface area contributed by atoms with Crippen molar-refractivity contribution in [2.45, 2.75) is 32.8 Å². The molecule has 1 aromatic rings. The van der Waals surface area contributed by atoms with Crippen LogP contribution in [-0.2, 0) is 4.74 Å². The second-order valence-electron chi connectivity index (χ2n) is 4.18. The van der Waals surface area contributed by atoms with Crippen LogP contribution in [0.25, 0.3) is 0 Å². The summed E-state index contributed by atoms with van der Waals surface area (Å²) in [5.41, 5.74) is -0.0299. The average Bonchev–Trinajstić information content (AvgIpc) is 2.65. The third-order valence-electron chi connectivity index (χ3n) is 2.87. The zero-order chi connectivity index (χ0) is 10.9. The maximum absolute atomic E-state index is 5.79. The molecule has 0 bridgehead atoms. The molecule has 4 nitrogen and oxygen atoms in total. The van der Waals surface area contributed by atoms with E-state index in [4.69, 9.17) is 4.74 Å². The van der Waals surface area contributed by atoms with Crippen molar-refractivity contribution in [1.82, 2.24) is 10.2 Å². The van der Waals surface area contributed by atoms with E-state index >= 15 is 0 Å². The molecule has 0 amide bonds. The molecule has 0 saturated carbocycles. The quantitative estimate of drug-likeness (QED) is 0.773. The summed E-state index contributed by atoms with van der Waals surface area (Å²) in [5.74, 6) is 0. The average molecular weight is 227 g/mol. The lowest BCUT2D eigenvalue weighted by atomic mass is 10.0. The Morgan fingerprint density at radius 2 is 2.33 bits per heavy atom. The molecule has 0 N–H and O–H groups in total. The van der Waals surface area contributed by atoms with Gasteiger partial charge in [0.25, 0.3) is 0 Å². The summed E-state index contributed by atoms with van der Waals surface area (Å²) in [6.45, 7) is 8.92. The molecule has 0 aromatic carbocycles. The molecule has 2 heterocycles. The molecule has 15 heavy (non-hydrogen) atoms. The molecule has 5 heteroatoms. The van der Waals surface area contributed by atoms with Gasteiger partial charge in [-0.3, -0.25) is 0 Å². The van der Waals surface area contributed by atoms with Gasteiger partial charge in [0.15, 0.2) is 0 Å². The number of ether oxygens (including phenoxy) is 1. The number of nitrogens with zero attached hydrogens (tertiary/aromatic N) is 3. The van der Waals surface area contributed by atoms with Gasteiger partial charge in [-0.15, -0.1) is 10.2 Å². The number of aryl methyl sites for hydroxylation is 1. The molecule has 0 aliphatic carbocycles. The van der Waals surface area contributed by atoms with Gasteiger partial charge in [0, 0.05) is 13.1 Å². The van der Waals surface area contributed by atoms with Crippen molar-refractivity contribution in [3.05, 3.63) is 5.01 Å². The SMILES string of the molecule is CCC1(C)CN(c2nnc(C)s2)CCO1. The first-order valence-corrected chi connectivity index (χ1v) is 6.14. The zero-order valence-electron chi connectivity index (χ0n) is 9.49. The van der Waals surface area contributed by atoms with Gasteiger partial charge >= 0.3 is 0 Å². The normalized spacial score (nSPS) is 27.0. The lowest BCUT2D eigenvalue weighted by molar-refractivity contribution is -0.0441. The molecule has 1 saturated heterocycles. The van der Waals surface area contributed by atoms with Crippen LogP contribution in [0.4, 0.5) is 5.13 Å². The summed E-state index contributed by atoms with van der Waals surface area (Å²) in [5, 5.41) is 10.3. The molecule has 1 unspecified atom stereocenters. The molecule has 2 rings (SSSR count). The van der Waals surface area contributed by atoms with Crippen molar-refractivity contribution < 1.29 is 4.74 Å². The number of hydrogen-bond acceptors (Lipinski definition) is 5. The summed E-state index contributed by atoms with van der Waals surface area (Å²) in [4.78, 5) is 2.28. The van der Waals surface area contributed by atoms with E-state index in [-0.39, 0.29) is 5.60 Å². The van der Waals surface area contributed by atoms with Crippen molar-refractivity contribution in [3.8, 4) is 0 Å². The second kappa shape index (κ2) is 4.06. The molecule has 84 valence electrons. The van der Waals surface area contributed by atoms with Gasteiger partial charge in [-0.1, -0.05) is 18.3 Å². The zero-order valence-corrected chi connectivity index (χ0v) is 10.3. The van der Waals surface area contributed by atoms with E-state index < -0.39 is 0 Å². The maximum Gasteiger partial charge on any atom is 0.208 e. The minimum atomic E-state index is -0.0299. The highest BCUT2D eigenvalue weighted by Gasteiger charge is 2.31. The van der Waals surface area contributed by atoms with E-state index in [0.29, 0.717) is 0 Å². The summed E-state index contributed by atoms with van der Waals surface area (Å²) >= 11 is 1.65. The molecule has 0 spiro atoms. The molecule has 1 aromatic heterocycles. The second-order valence-corrected chi connectivity index (χ2v) is 5.34. The number of rotatable bonds is 2. The van der Waals surface area contributed by atoms with Crippen LogP contribution in [0.1, 0.15) is 25.3 Å². The minimum Gasteiger partial charge on any atom is -0.372 e. The number of anilines is 1. The van der Waals surface area contributed by atoms with Crippen LogP contribution in [-0.4, -0.2) is 35.5 Å². The van der Waals surface area contributed by atoms with Crippen molar-refractivity contribution >= 4 is 16.5 Å². The summed E-state index contributed by atoms with van der Waals surface area (Å²) in [7, 11) is 0. The molecule has 1 aliphatic rings. The third kappa shape index (κ3) is 2.29. The van der Waals surface area contributed by atoms with Crippen molar-refractivity contribution in [3.63, 3.8) is 0 Å². The predicted molar refractivity (Wildman–Crippen MR) is 61.5 cm³/mol. The fourth-order valence-corrected chi connectivity index (χ4v) is 2.43. The Morgan fingerprint density at radius 1 is 1.53 bits per heavy atom. The fraction of sp³-hybridized carbons (Fsp3) is 0.800. The van der Waals surface area contributed by atoms with Crippen LogP contribution >= 0.6 is 11.3 Å². The minimum absolute atomic E-state index is 0.0299. The first-order valence-electron chi connectivity index (χ1n) is 5.32. The van der Waals surface area contributed by atoms with Gasteiger partial charge in [0.2, 0.25) is 5.13 Å². The van der Waals surface area contributed by atoms with E-state index in [1.807, 2.05) is 6.92 Å². The van der Waals surface area contributed by atoms with Gasteiger partial charge < -0.3 is 9.64 Å². The van der Waals surface area contributed by atoms with Crippen LogP contribution in [0.2, 0.25) is 0 Å². The van der Waals surface area contributed by atoms with E-state index in [2.05, 4.69) is 28.9 Å². The van der Waals surface area contributed by atoms with Crippen LogP contribution in [0.5, 0.6) is 0 Å². The summed E-state index contributed by atoms with van der Waals surface area (Å²) in [6, 6.07) is 0. The molecular weight excluding hydrogens is 210 g/mol. The molecule has 1 aliphatic heterocycles. The van der Waals surface area contributed by atoms with Crippen molar-refractivity contribution in [1.29, 1.82) is 0 Å². The Hall–Kier alpha value is -0.680. The highest BCUT2D eigenvalue weighted by Crippen LogP contribution is 2.27. The Bertz CT molecular complexity index is 341. The summed E-state index contributed by atoms with van der Waals surface area (Å²) in [6.07, 6.45) is 1.03. The van der Waals surface area contributed by atoms with Crippen LogP contribution in [0.15, 0.2) is 0 Å². The van der Waals surface area contributed by atoms with E-state index in [0.717, 1.165) is 36.3 Å². The highest BCUT2D eigenvalue weighted by atomic mass is 32.1. The lowest BCUT2D eigenvalue weighted by Crippen LogP contribution is -2.49. The summed E-state index contributed by atoms with van der Waals surface area (Å²) < 4.78 is 5.79. The number of morpholine rings is 1. The lowest BCUT2D eigenvalue weighted by Gasteiger charge is -2.39. The Kier molecular flexibility index (Phi) is 2.93. The maximum atomic E-state index is 5.79. The van der Waals surface area contributed by atoms with Gasteiger partial charge in [-0.25, -0.2) is 0 Å². The Labute approximate surface area is 94.3 Å². The Balaban J connectivity index is 2.11. The molecule has 1 atom stereocenters. The Morgan fingerprint density at radius 3 is 2.93 bits per heavy atom. The van der Waals surface area contributed by atoms with Crippen molar-refractivity contribution in [2.24, 2.45) is 0 Å². The number of aromatic nitrogens is 2. The largest absolute Gasteiger partial charge is 0.372 e. The molecule has 0 radical (unpaired) electrons. The van der Waals surface area contributed by atoms with E-state index in [1.54, 1.807) is 11.3 Å². The van der Waals surface area contributed by atoms with Crippen LogP contribution in [0.3, 0.4) is 0 Å². The standard InChI is InChI=1S/C10H17N3OS/c1-4-10(3)7-13(5-6-14-10)9-12-11-8(2)15-9/h4-7H2,1-3H3. The molecular formula is C10H17N3OS. The van der Waals surface area contributed by atoms with Gasteiger partial charge in [-0.05, 0) is 20.3 Å². The van der Waals surface area contributed by atoms with Crippen molar-refractivity contribution in [2.75, 3.05) is 24.6 Å². The first kappa shape index (κ1) is 10.8. The predicted octanol–water partition coefficient (Wildman–Crippen LogP) is 1.85. The van der Waals surface area contributed by atoms with E-state index in [9.17, 15) is 0 Å². The smallest absolute Gasteiger partial charge is 0.208 e. The monoisotopic (exact) mass is 227 g/mol. The van der Waals surface area contributed by atoms with Gasteiger partial charge in [-0.2, -0.15) is 0 Å². The van der Waals surface area contributed by atoms with Crippen LogP contribution in [0, 0.1) is 6.92 Å². The van der Waals surface area contributed by atoms with Crippen LogP contribution < -0.4 is 4.90 Å². The molecule has 1 fully saturated rings. The fourth-order valence-electron chi connectivity index (χ4n) is 1.72. The van der Waals surface area contributed by atoms with Gasteiger partial charge in [0.05, 0.1) is 12.2 Å². The number of hydrogen-bond donors (Lipinski definition) is 0. The topological polar surface area (TPSA) is 38.2 Å². The third-order valence-corrected chi connectivity index (χ3v) is 3.77. The van der Waals surface area contributed by atoms with E-state index in [1.165, 1.54) is 0 Å². The highest BCUT2D eigenvalue weighted by molar-refractivity contribution is 7.15.